The van der Waals surface area contributed by atoms with E-state index in [0.717, 1.165) is 0 Å². The highest BCUT2D eigenvalue weighted by Gasteiger charge is 2.09. The molecule has 0 radical (unpaired) electrons. The minimum Gasteiger partial charge on any atom is -0.496 e. The first kappa shape index (κ1) is 9.53. The van der Waals surface area contributed by atoms with Gasteiger partial charge in [0.15, 0.2) is 0 Å². The maximum absolute atomic E-state index is 13.1. The largest absolute Gasteiger partial charge is 0.496 e. The van der Waals surface area contributed by atoms with E-state index in [9.17, 15) is 4.39 Å². The molecule has 0 aliphatic carbocycles. The first-order valence-corrected chi connectivity index (χ1v) is 3.89. The molecule has 1 aromatic carbocycles. The Balaban J connectivity index is 3.23. The maximum atomic E-state index is 13.1. The second kappa shape index (κ2) is 3.90. The predicted octanol–water partition coefficient (Wildman–Crippen LogP) is 2.21. The summed E-state index contributed by atoms with van der Waals surface area (Å²) in [6, 6.07) is 4.80. The molecular formula is C10H10FNO. The van der Waals surface area contributed by atoms with Gasteiger partial charge in [-0.3, -0.25) is 0 Å². The van der Waals surface area contributed by atoms with Crippen LogP contribution in [0.1, 0.15) is 11.1 Å². The van der Waals surface area contributed by atoms with Gasteiger partial charge >= 0.3 is 0 Å². The first-order valence-electron chi connectivity index (χ1n) is 3.89. The van der Waals surface area contributed by atoms with Crippen molar-refractivity contribution in [3.63, 3.8) is 0 Å². The minimum atomic E-state index is -0.347. The molecule has 0 fully saturated rings. The number of nitriles is 1. The quantitative estimate of drug-likeness (QED) is 0.697. The Morgan fingerprint density at radius 2 is 2.23 bits per heavy atom. The van der Waals surface area contributed by atoms with E-state index in [4.69, 9.17) is 10.00 Å². The molecule has 0 aliphatic rings. The van der Waals surface area contributed by atoms with Crippen molar-refractivity contribution in [2.75, 3.05) is 7.11 Å². The lowest BCUT2D eigenvalue weighted by atomic mass is 10.0. The lowest BCUT2D eigenvalue weighted by Crippen LogP contribution is -1.96. The van der Waals surface area contributed by atoms with Crippen LogP contribution in [-0.2, 0) is 6.42 Å². The fraction of sp³-hybridized carbons (Fsp3) is 0.300. The molecule has 0 spiro atoms. The van der Waals surface area contributed by atoms with Gasteiger partial charge in [-0.05, 0) is 24.6 Å². The number of methoxy groups -OCH3 is 1. The Hall–Kier alpha value is -1.56. The van der Waals surface area contributed by atoms with Gasteiger partial charge in [-0.2, -0.15) is 5.26 Å². The third-order valence-electron chi connectivity index (χ3n) is 1.97. The average molecular weight is 179 g/mol. The van der Waals surface area contributed by atoms with Crippen LogP contribution in [0.3, 0.4) is 0 Å². The Morgan fingerprint density at radius 3 is 2.77 bits per heavy atom. The normalized spacial score (nSPS) is 9.38. The lowest BCUT2D eigenvalue weighted by Gasteiger charge is -2.08. The van der Waals surface area contributed by atoms with Gasteiger partial charge in [-0.25, -0.2) is 4.39 Å². The van der Waals surface area contributed by atoms with Crippen LogP contribution in [-0.4, -0.2) is 7.11 Å². The Kier molecular flexibility index (Phi) is 2.86. The Morgan fingerprint density at radius 1 is 1.54 bits per heavy atom. The number of rotatable bonds is 2. The lowest BCUT2D eigenvalue weighted by molar-refractivity contribution is 0.409. The summed E-state index contributed by atoms with van der Waals surface area (Å²) in [4.78, 5) is 0. The molecule has 0 N–H and O–H groups in total. The van der Waals surface area contributed by atoms with Crippen LogP contribution >= 0.6 is 0 Å². The summed E-state index contributed by atoms with van der Waals surface area (Å²) >= 11 is 0. The maximum Gasteiger partial charge on any atom is 0.127 e. The van der Waals surface area contributed by atoms with E-state index in [2.05, 4.69) is 0 Å². The molecule has 0 atom stereocenters. The molecule has 1 rings (SSSR count). The SMILES string of the molecule is COc1ccc(F)c(CC#N)c1C. The zero-order valence-electron chi connectivity index (χ0n) is 7.60. The van der Waals surface area contributed by atoms with E-state index < -0.39 is 0 Å². The fourth-order valence-electron chi connectivity index (χ4n) is 1.22. The molecule has 0 unspecified atom stereocenters. The summed E-state index contributed by atoms with van der Waals surface area (Å²) in [5.41, 5.74) is 1.12. The molecule has 13 heavy (non-hydrogen) atoms. The van der Waals surface area contributed by atoms with Crippen LogP contribution in [0.5, 0.6) is 5.75 Å². The molecule has 0 heterocycles. The molecule has 0 saturated heterocycles. The molecule has 2 nitrogen and oxygen atoms in total. The van der Waals surface area contributed by atoms with E-state index >= 15 is 0 Å². The van der Waals surface area contributed by atoms with Crippen molar-refractivity contribution in [3.05, 3.63) is 29.1 Å². The monoisotopic (exact) mass is 179 g/mol. The fourth-order valence-corrected chi connectivity index (χ4v) is 1.22. The van der Waals surface area contributed by atoms with Crippen LogP contribution in [0.4, 0.5) is 4.39 Å². The summed E-state index contributed by atoms with van der Waals surface area (Å²) in [5.74, 6) is 0.270. The number of hydrogen-bond donors (Lipinski definition) is 0. The first-order chi connectivity index (χ1) is 6.20. The van der Waals surface area contributed by atoms with Crippen molar-refractivity contribution >= 4 is 0 Å². The highest BCUT2D eigenvalue weighted by Crippen LogP contribution is 2.23. The van der Waals surface area contributed by atoms with Crippen LogP contribution in [0.25, 0.3) is 0 Å². The Labute approximate surface area is 76.6 Å². The van der Waals surface area contributed by atoms with Crippen LogP contribution in [0.2, 0.25) is 0 Å². The van der Waals surface area contributed by atoms with Crippen molar-refractivity contribution < 1.29 is 9.13 Å². The third kappa shape index (κ3) is 1.78. The summed E-state index contributed by atoms with van der Waals surface area (Å²) in [5, 5.41) is 8.47. The highest BCUT2D eigenvalue weighted by atomic mass is 19.1. The van der Waals surface area contributed by atoms with Gasteiger partial charge in [-0.15, -0.1) is 0 Å². The van der Waals surface area contributed by atoms with E-state index in [1.54, 1.807) is 13.0 Å². The summed E-state index contributed by atoms with van der Waals surface area (Å²) < 4.78 is 18.2. The second-order valence-corrected chi connectivity index (χ2v) is 2.69. The van der Waals surface area contributed by atoms with Crippen molar-refractivity contribution in [1.29, 1.82) is 5.26 Å². The molecule has 0 amide bonds. The van der Waals surface area contributed by atoms with Crippen molar-refractivity contribution in [3.8, 4) is 11.8 Å². The number of halogens is 1. The van der Waals surface area contributed by atoms with E-state index in [0.29, 0.717) is 16.9 Å². The summed E-state index contributed by atoms with van der Waals surface area (Å²) in [7, 11) is 1.52. The van der Waals surface area contributed by atoms with Gasteiger partial charge < -0.3 is 4.74 Å². The number of benzene rings is 1. The highest BCUT2D eigenvalue weighted by molar-refractivity contribution is 5.41. The topological polar surface area (TPSA) is 33.0 Å². The molecule has 0 aliphatic heterocycles. The molecular weight excluding hydrogens is 169 g/mol. The van der Waals surface area contributed by atoms with Gasteiger partial charge in [-0.1, -0.05) is 0 Å². The van der Waals surface area contributed by atoms with Crippen LogP contribution in [0.15, 0.2) is 12.1 Å². The summed E-state index contributed by atoms with van der Waals surface area (Å²) in [6.45, 7) is 1.74. The molecule has 68 valence electrons. The zero-order valence-corrected chi connectivity index (χ0v) is 7.60. The van der Waals surface area contributed by atoms with E-state index in [-0.39, 0.29) is 12.2 Å². The predicted molar refractivity (Wildman–Crippen MR) is 47.0 cm³/mol. The molecule has 0 aromatic heterocycles. The van der Waals surface area contributed by atoms with Crippen LogP contribution < -0.4 is 4.74 Å². The Bertz CT molecular complexity index is 355. The standard InChI is InChI=1S/C10H10FNO/c1-7-8(5-6-12)9(11)3-4-10(7)13-2/h3-4H,5H2,1-2H3. The molecule has 0 saturated carbocycles. The minimum absolute atomic E-state index is 0.0782. The molecule has 0 bridgehead atoms. The number of ether oxygens (including phenoxy) is 1. The van der Waals surface area contributed by atoms with E-state index in [1.807, 2.05) is 6.07 Å². The van der Waals surface area contributed by atoms with Gasteiger partial charge in [0, 0.05) is 5.56 Å². The van der Waals surface area contributed by atoms with Gasteiger partial charge in [0.25, 0.3) is 0 Å². The summed E-state index contributed by atoms with van der Waals surface area (Å²) in [6.07, 6.45) is 0.0782. The third-order valence-corrected chi connectivity index (χ3v) is 1.97. The zero-order chi connectivity index (χ0) is 9.84. The number of hydrogen-bond acceptors (Lipinski definition) is 2. The van der Waals surface area contributed by atoms with E-state index in [1.165, 1.54) is 13.2 Å². The average Bonchev–Trinajstić information content (AvgIpc) is 2.12. The van der Waals surface area contributed by atoms with Gasteiger partial charge in [0.1, 0.15) is 11.6 Å². The molecule has 1 aromatic rings. The van der Waals surface area contributed by atoms with Crippen molar-refractivity contribution in [2.24, 2.45) is 0 Å². The molecule has 3 heteroatoms. The van der Waals surface area contributed by atoms with Crippen molar-refractivity contribution in [2.45, 2.75) is 13.3 Å². The second-order valence-electron chi connectivity index (χ2n) is 2.69. The van der Waals surface area contributed by atoms with Gasteiger partial charge in [0.2, 0.25) is 0 Å². The smallest absolute Gasteiger partial charge is 0.127 e. The number of nitrogens with zero attached hydrogens (tertiary/aromatic N) is 1. The van der Waals surface area contributed by atoms with Gasteiger partial charge in [0.05, 0.1) is 19.6 Å². The van der Waals surface area contributed by atoms with Crippen LogP contribution in [0, 0.1) is 24.1 Å². The van der Waals surface area contributed by atoms with Crippen molar-refractivity contribution in [1.82, 2.24) is 0 Å².